The molecule has 0 fully saturated rings. The summed E-state index contributed by atoms with van der Waals surface area (Å²) in [6, 6.07) is 12.1. The fourth-order valence-corrected chi connectivity index (χ4v) is 2.53. The van der Waals surface area contributed by atoms with Gasteiger partial charge in [0.1, 0.15) is 0 Å². The number of nitro groups is 2. The number of hydrogen-bond donors (Lipinski definition) is 2. The number of nitro benzene ring substituents is 2. The summed E-state index contributed by atoms with van der Waals surface area (Å²) in [6.45, 7) is 0. The number of anilines is 1. The van der Waals surface area contributed by atoms with Crippen LogP contribution in [0.2, 0.25) is 0 Å². The van der Waals surface area contributed by atoms with Crippen LogP contribution in [-0.4, -0.2) is 14.2 Å². The number of nitrogens with zero attached hydrogens (tertiary/aromatic N) is 2. The molecule has 0 heterocycles. The Morgan fingerprint density at radius 3 is 1.96 bits per heavy atom. The van der Waals surface area contributed by atoms with Crippen LogP contribution in [0, 0.1) is 20.2 Å². The Labute approximate surface area is 146 Å². The molecule has 24 heavy (non-hydrogen) atoms. The van der Waals surface area contributed by atoms with Crippen LogP contribution >= 0.6 is 24.0 Å². The molecule has 0 bridgehead atoms. The lowest BCUT2D eigenvalue weighted by atomic mass is 10.2. The van der Waals surface area contributed by atoms with Gasteiger partial charge in [0, 0.05) is 30.0 Å². The van der Waals surface area contributed by atoms with Crippen molar-refractivity contribution in [3.63, 3.8) is 0 Å². The molecule has 2 aromatic rings. The van der Waals surface area contributed by atoms with Crippen molar-refractivity contribution in [2.45, 2.75) is 5.75 Å². The van der Waals surface area contributed by atoms with Crippen molar-refractivity contribution in [3.05, 3.63) is 74.3 Å². The molecule has 0 radical (unpaired) electrons. The normalized spacial score (nSPS) is 10.0. The molecule has 0 amide bonds. The second kappa shape index (κ2) is 8.22. The first-order valence-electron chi connectivity index (χ1n) is 6.62. The molecular weight excluding hydrogens is 352 g/mol. The molecule has 10 heteroatoms. The van der Waals surface area contributed by atoms with Gasteiger partial charge in [-0.2, -0.15) is 0 Å². The predicted octanol–water partition coefficient (Wildman–Crippen LogP) is 3.64. The van der Waals surface area contributed by atoms with Gasteiger partial charge in [-0.1, -0.05) is 36.1 Å². The van der Waals surface area contributed by atoms with Crippen LogP contribution in [0.3, 0.4) is 0 Å². The molecule has 0 unspecified atom stereocenters. The predicted molar refractivity (Wildman–Crippen MR) is 96.8 cm³/mol. The minimum absolute atomic E-state index is 0.00988. The van der Waals surface area contributed by atoms with E-state index in [4.69, 9.17) is 12.2 Å². The zero-order chi connectivity index (χ0) is 17.5. The highest BCUT2D eigenvalue weighted by Gasteiger charge is 2.06. The quantitative estimate of drug-likeness (QED) is 0.454. The summed E-state index contributed by atoms with van der Waals surface area (Å²) in [7, 11) is 0. The molecule has 0 spiro atoms. The van der Waals surface area contributed by atoms with E-state index in [2.05, 4.69) is 10.9 Å². The Morgan fingerprint density at radius 1 is 0.958 bits per heavy atom. The number of benzene rings is 2. The zero-order valence-electron chi connectivity index (χ0n) is 12.2. The second-order valence-electron chi connectivity index (χ2n) is 4.55. The van der Waals surface area contributed by atoms with Gasteiger partial charge in [-0.15, -0.1) is 0 Å². The van der Waals surface area contributed by atoms with Crippen molar-refractivity contribution in [2.75, 3.05) is 5.43 Å². The number of non-ortho nitro benzene ring substituents is 2. The molecule has 2 rings (SSSR count). The summed E-state index contributed by atoms with van der Waals surface area (Å²) in [5.41, 5.74) is 7.26. The SMILES string of the molecule is O=[N+]([O-])c1ccc(CSC(=S)NNc2ccc([N+](=O)[O-])cc2)cc1. The third-order valence-corrected chi connectivity index (χ3v) is 4.20. The van der Waals surface area contributed by atoms with Gasteiger partial charge in [-0.25, -0.2) is 0 Å². The summed E-state index contributed by atoms with van der Waals surface area (Å²) >= 11 is 6.51. The molecule has 2 N–H and O–H groups in total. The Hall–Kier alpha value is -2.72. The lowest BCUT2D eigenvalue weighted by Gasteiger charge is -2.10. The van der Waals surface area contributed by atoms with Crippen LogP contribution in [0.25, 0.3) is 0 Å². The van der Waals surface area contributed by atoms with Crippen LogP contribution in [0.15, 0.2) is 48.5 Å². The van der Waals surface area contributed by atoms with Crippen LogP contribution in [-0.2, 0) is 5.75 Å². The van der Waals surface area contributed by atoms with Crippen molar-refractivity contribution in [1.82, 2.24) is 5.43 Å². The number of thiocarbonyl (C=S) groups is 1. The van der Waals surface area contributed by atoms with Crippen LogP contribution in [0.5, 0.6) is 0 Å². The van der Waals surface area contributed by atoms with Gasteiger partial charge in [0.2, 0.25) is 0 Å². The van der Waals surface area contributed by atoms with Crippen molar-refractivity contribution in [2.24, 2.45) is 0 Å². The number of hydrogen-bond acceptors (Lipinski definition) is 7. The Morgan fingerprint density at radius 2 is 1.46 bits per heavy atom. The third-order valence-electron chi connectivity index (χ3n) is 2.90. The largest absolute Gasteiger partial charge is 0.300 e. The maximum atomic E-state index is 10.6. The van der Waals surface area contributed by atoms with E-state index in [1.54, 1.807) is 24.3 Å². The summed E-state index contributed by atoms with van der Waals surface area (Å²) in [5.74, 6) is 0.561. The fraction of sp³-hybridized carbons (Fsp3) is 0.0714. The molecular formula is C14H12N4O4S2. The van der Waals surface area contributed by atoms with E-state index >= 15 is 0 Å². The first kappa shape index (κ1) is 17.6. The second-order valence-corrected chi connectivity index (χ2v) is 6.21. The number of rotatable bonds is 6. The Balaban J connectivity index is 1.78. The van der Waals surface area contributed by atoms with E-state index in [-0.39, 0.29) is 11.4 Å². The van der Waals surface area contributed by atoms with Gasteiger partial charge in [0.15, 0.2) is 4.32 Å². The van der Waals surface area contributed by atoms with E-state index in [0.29, 0.717) is 15.8 Å². The van der Waals surface area contributed by atoms with E-state index in [1.807, 2.05) is 0 Å². The topological polar surface area (TPSA) is 110 Å². The van der Waals surface area contributed by atoms with Crippen molar-refractivity contribution in [3.8, 4) is 0 Å². The van der Waals surface area contributed by atoms with Crippen molar-refractivity contribution >= 4 is 45.4 Å². The van der Waals surface area contributed by atoms with Gasteiger partial charge < -0.3 is 0 Å². The van der Waals surface area contributed by atoms with Crippen LogP contribution in [0.4, 0.5) is 17.1 Å². The van der Waals surface area contributed by atoms with E-state index in [9.17, 15) is 20.2 Å². The van der Waals surface area contributed by atoms with Gasteiger partial charge in [-0.3, -0.25) is 31.1 Å². The molecule has 0 aliphatic rings. The molecule has 8 nitrogen and oxygen atoms in total. The van der Waals surface area contributed by atoms with Gasteiger partial charge in [0.25, 0.3) is 11.4 Å². The summed E-state index contributed by atoms with van der Waals surface area (Å²) in [6.07, 6.45) is 0. The monoisotopic (exact) mass is 364 g/mol. The number of hydrazine groups is 1. The maximum absolute atomic E-state index is 10.6. The van der Waals surface area contributed by atoms with Crippen molar-refractivity contribution < 1.29 is 9.85 Å². The molecule has 0 aliphatic heterocycles. The van der Waals surface area contributed by atoms with Gasteiger partial charge in [0.05, 0.1) is 15.5 Å². The molecule has 0 saturated carbocycles. The average molecular weight is 364 g/mol. The van der Waals surface area contributed by atoms with E-state index in [0.717, 1.165) is 5.56 Å². The molecule has 124 valence electrons. The minimum Gasteiger partial charge on any atom is -0.300 e. The van der Waals surface area contributed by atoms with Gasteiger partial charge >= 0.3 is 0 Å². The lowest BCUT2D eigenvalue weighted by molar-refractivity contribution is -0.385. The molecule has 0 atom stereocenters. The first-order chi connectivity index (χ1) is 11.5. The lowest BCUT2D eigenvalue weighted by Crippen LogP contribution is -2.25. The van der Waals surface area contributed by atoms with E-state index < -0.39 is 9.85 Å². The Bertz CT molecular complexity index is 687. The third kappa shape index (κ3) is 5.18. The van der Waals surface area contributed by atoms with E-state index in [1.165, 1.54) is 36.0 Å². The highest BCUT2D eigenvalue weighted by atomic mass is 32.2. The molecule has 0 aliphatic carbocycles. The number of nitrogens with one attached hydrogen (secondary N) is 2. The standard InChI is InChI=1S/C14H12N4O4S2/c19-17(20)12-5-1-10(2-6-12)9-24-14(23)16-15-11-3-7-13(8-4-11)18(21)22/h1-8,15H,9H2,(H,16,23). The summed E-state index contributed by atoms with van der Waals surface area (Å²) in [5, 5.41) is 21.1. The van der Waals surface area contributed by atoms with Crippen LogP contribution in [0.1, 0.15) is 5.56 Å². The smallest absolute Gasteiger partial charge is 0.269 e. The first-order valence-corrected chi connectivity index (χ1v) is 8.01. The summed E-state index contributed by atoms with van der Waals surface area (Å²) in [4.78, 5) is 20.2. The fourth-order valence-electron chi connectivity index (χ4n) is 1.69. The van der Waals surface area contributed by atoms with Crippen molar-refractivity contribution in [1.29, 1.82) is 0 Å². The molecule has 0 saturated heterocycles. The summed E-state index contributed by atoms with van der Waals surface area (Å²) < 4.78 is 0.478. The highest BCUT2D eigenvalue weighted by Crippen LogP contribution is 2.18. The average Bonchev–Trinajstić information content (AvgIpc) is 2.58. The Kier molecular flexibility index (Phi) is 6.04. The highest BCUT2D eigenvalue weighted by molar-refractivity contribution is 8.22. The molecule has 2 aromatic carbocycles. The zero-order valence-corrected chi connectivity index (χ0v) is 13.8. The molecule has 0 aromatic heterocycles. The van der Waals surface area contributed by atoms with Crippen LogP contribution < -0.4 is 10.9 Å². The number of thioether (sulfide) groups is 1. The maximum Gasteiger partial charge on any atom is 0.269 e. The van der Waals surface area contributed by atoms with Gasteiger partial charge in [-0.05, 0) is 17.7 Å². The minimum atomic E-state index is -0.470.